The summed E-state index contributed by atoms with van der Waals surface area (Å²) in [5, 5.41) is 0. The van der Waals surface area contributed by atoms with Gasteiger partial charge in [-0.25, -0.2) is 9.37 Å². The number of hydrogen-bond acceptors (Lipinski definition) is 1. The Balaban J connectivity index is 2.46. The van der Waals surface area contributed by atoms with Crippen molar-refractivity contribution in [1.82, 2.24) is 9.55 Å². The maximum Gasteiger partial charge on any atom is 0.390 e. The summed E-state index contributed by atoms with van der Waals surface area (Å²) in [4.78, 5) is 4.02. The quantitative estimate of drug-likeness (QED) is 0.616. The van der Waals surface area contributed by atoms with E-state index in [2.05, 4.69) is 4.98 Å². The van der Waals surface area contributed by atoms with Crippen molar-refractivity contribution in [1.29, 1.82) is 0 Å². The van der Waals surface area contributed by atoms with E-state index in [9.17, 15) is 17.6 Å². The van der Waals surface area contributed by atoms with E-state index in [-0.39, 0.29) is 23.8 Å². The molecule has 7 heteroatoms. The second-order valence-corrected chi connectivity index (χ2v) is 4.05. The Hall–Kier alpha value is -1.30. The van der Waals surface area contributed by atoms with Gasteiger partial charge in [0.1, 0.15) is 17.2 Å². The van der Waals surface area contributed by atoms with Crippen LogP contribution in [0.3, 0.4) is 0 Å². The molecule has 0 unspecified atom stereocenters. The van der Waals surface area contributed by atoms with Crippen LogP contribution in [0.25, 0.3) is 11.0 Å². The third kappa shape index (κ3) is 2.58. The fourth-order valence-corrected chi connectivity index (χ4v) is 1.98. The topological polar surface area (TPSA) is 17.8 Å². The largest absolute Gasteiger partial charge is 0.390 e. The van der Waals surface area contributed by atoms with Crippen LogP contribution in [0.2, 0.25) is 0 Å². The third-order valence-electron chi connectivity index (χ3n) is 2.53. The first-order valence-corrected chi connectivity index (χ1v) is 5.72. The minimum absolute atomic E-state index is 0.0635. The SMILES string of the molecule is Fc1cccc2nc(CCl)n(CCC(F)(F)F)c12. The van der Waals surface area contributed by atoms with E-state index < -0.39 is 18.4 Å². The van der Waals surface area contributed by atoms with Crippen LogP contribution < -0.4 is 0 Å². The number of hydrogen-bond donors (Lipinski definition) is 0. The molecule has 18 heavy (non-hydrogen) atoms. The molecule has 0 N–H and O–H groups in total. The molecule has 0 fully saturated rings. The van der Waals surface area contributed by atoms with E-state index in [0.717, 1.165) is 0 Å². The average Bonchev–Trinajstić information content (AvgIpc) is 2.64. The van der Waals surface area contributed by atoms with E-state index in [1.807, 2.05) is 0 Å². The molecule has 0 amide bonds. The van der Waals surface area contributed by atoms with Crippen LogP contribution >= 0.6 is 11.6 Å². The molecule has 2 aromatic rings. The molecule has 98 valence electrons. The number of rotatable bonds is 3. The highest BCUT2D eigenvalue weighted by molar-refractivity contribution is 6.16. The smallest absolute Gasteiger partial charge is 0.324 e. The summed E-state index contributed by atoms with van der Waals surface area (Å²) in [6, 6.07) is 4.18. The van der Waals surface area contributed by atoms with Crippen molar-refractivity contribution < 1.29 is 17.6 Å². The molecule has 0 saturated carbocycles. The van der Waals surface area contributed by atoms with Crippen LogP contribution in [0.15, 0.2) is 18.2 Å². The Kier molecular flexibility index (Phi) is 3.47. The predicted octanol–water partition coefficient (Wildman–Crippen LogP) is 3.87. The summed E-state index contributed by atoms with van der Waals surface area (Å²) in [7, 11) is 0. The summed E-state index contributed by atoms with van der Waals surface area (Å²) < 4.78 is 51.5. The van der Waals surface area contributed by atoms with Crippen molar-refractivity contribution in [3.8, 4) is 0 Å². The lowest BCUT2D eigenvalue weighted by Crippen LogP contribution is -2.14. The number of benzene rings is 1. The van der Waals surface area contributed by atoms with Gasteiger partial charge in [-0.15, -0.1) is 11.6 Å². The van der Waals surface area contributed by atoms with Crippen molar-refractivity contribution in [3.63, 3.8) is 0 Å². The van der Waals surface area contributed by atoms with Gasteiger partial charge in [-0.1, -0.05) is 6.07 Å². The lowest BCUT2D eigenvalue weighted by molar-refractivity contribution is -0.136. The molecule has 1 heterocycles. The summed E-state index contributed by atoms with van der Waals surface area (Å²) in [6.07, 6.45) is -5.35. The monoisotopic (exact) mass is 280 g/mol. The van der Waals surface area contributed by atoms with Gasteiger partial charge in [-0.2, -0.15) is 13.2 Å². The molecule has 0 aliphatic heterocycles. The van der Waals surface area contributed by atoms with Gasteiger partial charge in [0.25, 0.3) is 0 Å². The van der Waals surface area contributed by atoms with Crippen molar-refractivity contribution in [2.24, 2.45) is 0 Å². The number of aromatic nitrogens is 2. The van der Waals surface area contributed by atoms with Crippen LogP contribution in [0.4, 0.5) is 17.6 Å². The Morgan fingerprint density at radius 2 is 2.00 bits per heavy atom. The van der Waals surface area contributed by atoms with Crippen LogP contribution in [0, 0.1) is 5.82 Å². The van der Waals surface area contributed by atoms with E-state index >= 15 is 0 Å². The van der Waals surface area contributed by atoms with Gasteiger partial charge in [-0.05, 0) is 12.1 Å². The van der Waals surface area contributed by atoms with Crippen molar-refractivity contribution >= 4 is 22.6 Å². The zero-order chi connectivity index (χ0) is 13.3. The predicted molar refractivity (Wildman–Crippen MR) is 59.9 cm³/mol. The number of para-hydroxylation sites is 1. The lowest BCUT2D eigenvalue weighted by Gasteiger charge is -2.10. The molecular weight excluding hydrogens is 272 g/mol. The summed E-state index contributed by atoms with van der Waals surface area (Å²) in [5.74, 6) is -0.425. The number of aryl methyl sites for hydroxylation is 1. The Morgan fingerprint density at radius 1 is 1.28 bits per heavy atom. The van der Waals surface area contributed by atoms with Crippen LogP contribution in [-0.4, -0.2) is 15.7 Å². The summed E-state index contributed by atoms with van der Waals surface area (Å²) in [5.41, 5.74) is 0.380. The molecule has 0 aliphatic carbocycles. The highest BCUT2D eigenvalue weighted by Crippen LogP contribution is 2.25. The van der Waals surface area contributed by atoms with Gasteiger partial charge in [0.2, 0.25) is 0 Å². The lowest BCUT2D eigenvalue weighted by atomic mass is 10.3. The first-order chi connectivity index (χ1) is 8.42. The molecular formula is C11H9ClF4N2. The first kappa shape index (κ1) is 13.1. The fraction of sp³-hybridized carbons (Fsp3) is 0.364. The first-order valence-electron chi connectivity index (χ1n) is 5.18. The number of imidazole rings is 1. The Bertz CT molecular complexity index is 562. The average molecular weight is 281 g/mol. The van der Waals surface area contributed by atoms with Crippen molar-refractivity contribution in [3.05, 3.63) is 29.8 Å². The van der Waals surface area contributed by atoms with Crippen molar-refractivity contribution in [2.75, 3.05) is 0 Å². The summed E-state index contributed by atoms with van der Waals surface area (Å²) >= 11 is 5.62. The number of nitrogens with zero attached hydrogens (tertiary/aromatic N) is 2. The summed E-state index contributed by atoms with van der Waals surface area (Å²) in [6.45, 7) is -0.386. The molecule has 0 radical (unpaired) electrons. The maximum absolute atomic E-state index is 13.6. The molecule has 2 nitrogen and oxygen atoms in total. The van der Waals surface area contributed by atoms with Gasteiger partial charge in [0.05, 0.1) is 17.8 Å². The number of halogens is 5. The second-order valence-electron chi connectivity index (χ2n) is 3.79. The van der Waals surface area contributed by atoms with Crippen LogP contribution in [0.1, 0.15) is 12.2 Å². The minimum atomic E-state index is -4.30. The standard InChI is InChI=1S/C11H9ClF4N2/c12-6-9-17-8-3-1-2-7(13)10(8)18(9)5-4-11(14,15)16/h1-3H,4-6H2. The third-order valence-corrected chi connectivity index (χ3v) is 2.77. The fourth-order valence-electron chi connectivity index (χ4n) is 1.77. The maximum atomic E-state index is 13.6. The normalized spacial score (nSPS) is 12.3. The highest BCUT2D eigenvalue weighted by Gasteiger charge is 2.28. The second kappa shape index (κ2) is 4.76. The minimum Gasteiger partial charge on any atom is -0.324 e. The molecule has 0 aliphatic rings. The molecule has 1 aromatic carbocycles. The molecule has 0 spiro atoms. The molecule has 0 atom stereocenters. The molecule has 1 aromatic heterocycles. The Labute approximate surface area is 105 Å². The molecule has 0 bridgehead atoms. The zero-order valence-corrected chi connectivity index (χ0v) is 9.89. The van der Waals surface area contributed by atoms with E-state index in [0.29, 0.717) is 5.52 Å². The molecule has 0 saturated heterocycles. The zero-order valence-electron chi connectivity index (χ0n) is 9.14. The van der Waals surface area contributed by atoms with Gasteiger partial charge in [0, 0.05) is 6.54 Å². The molecule has 2 rings (SSSR count). The van der Waals surface area contributed by atoms with Gasteiger partial charge in [0.15, 0.2) is 0 Å². The number of alkyl halides is 4. The van der Waals surface area contributed by atoms with Crippen molar-refractivity contribution in [2.45, 2.75) is 25.0 Å². The van der Waals surface area contributed by atoms with Crippen LogP contribution in [-0.2, 0) is 12.4 Å². The van der Waals surface area contributed by atoms with E-state index in [4.69, 9.17) is 11.6 Å². The highest BCUT2D eigenvalue weighted by atomic mass is 35.5. The van der Waals surface area contributed by atoms with Gasteiger partial charge < -0.3 is 4.57 Å². The van der Waals surface area contributed by atoms with Crippen LogP contribution in [0.5, 0.6) is 0 Å². The number of fused-ring (bicyclic) bond motifs is 1. The van der Waals surface area contributed by atoms with E-state index in [1.165, 1.54) is 16.7 Å². The Morgan fingerprint density at radius 3 is 2.61 bits per heavy atom. The van der Waals surface area contributed by atoms with E-state index in [1.54, 1.807) is 6.07 Å². The van der Waals surface area contributed by atoms with Gasteiger partial charge >= 0.3 is 6.18 Å². The van der Waals surface area contributed by atoms with Gasteiger partial charge in [-0.3, -0.25) is 0 Å².